The van der Waals surface area contributed by atoms with E-state index in [1.165, 1.54) is 18.4 Å². The van der Waals surface area contributed by atoms with Crippen LogP contribution in [0, 0.1) is 0 Å². The van der Waals surface area contributed by atoms with E-state index in [0.717, 1.165) is 16.9 Å². The second-order valence-corrected chi connectivity index (χ2v) is 7.87. The molecular weight excluding hydrogens is 330 g/mol. The van der Waals surface area contributed by atoms with Gasteiger partial charge in [-0.05, 0) is 56.4 Å². The summed E-state index contributed by atoms with van der Waals surface area (Å²) in [5.41, 5.74) is 7.81. The van der Waals surface area contributed by atoms with Crippen molar-refractivity contribution in [2.45, 2.75) is 43.7 Å². The van der Waals surface area contributed by atoms with Gasteiger partial charge in [-0.15, -0.1) is 0 Å². The minimum atomic E-state index is -1.02. The van der Waals surface area contributed by atoms with Crippen LogP contribution in [-0.4, -0.2) is 22.7 Å². The number of nitrogens with zero attached hydrogens (tertiary/aromatic N) is 2. The number of aliphatic hydroxyl groups is 1. The van der Waals surface area contributed by atoms with Crippen molar-refractivity contribution in [2.75, 3.05) is 6.61 Å². The topological polar surface area (TPSA) is 90.0 Å². The number of ether oxygens (including phenoxy) is 2. The maximum Gasteiger partial charge on any atom is 0.283 e. The molecule has 6 nitrogen and oxygen atoms in total. The first-order valence-electron chi connectivity index (χ1n) is 8.91. The van der Waals surface area contributed by atoms with E-state index in [9.17, 15) is 5.11 Å². The Morgan fingerprint density at radius 1 is 1.23 bits per heavy atom. The molecule has 5 rings (SSSR count). The standard InChI is InChI=1S/C20H21N3O3/c1-19(2,24)13-8-15-17(22-9-13)26-16-6-5-12(11-3-4-11)7-14(16)20(15)10-25-18(21)23-20/h5-9,11,24H,3-4,10H2,1-2H3,(H2,21,23)/t20-/m0/s1. The predicted molar refractivity (Wildman–Crippen MR) is 96.3 cm³/mol. The van der Waals surface area contributed by atoms with Crippen molar-refractivity contribution in [3.8, 4) is 11.6 Å². The highest BCUT2D eigenvalue weighted by Crippen LogP contribution is 2.52. The van der Waals surface area contributed by atoms with Gasteiger partial charge in [0.05, 0.1) is 11.2 Å². The lowest BCUT2D eigenvalue weighted by Gasteiger charge is -2.34. The van der Waals surface area contributed by atoms with Gasteiger partial charge in [0.25, 0.3) is 6.02 Å². The molecule has 0 saturated heterocycles. The molecule has 0 bridgehead atoms. The van der Waals surface area contributed by atoms with Gasteiger partial charge in [-0.2, -0.15) is 0 Å². The molecule has 1 aromatic carbocycles. The number of benzene rings is 1. The number of aliphatic imine (C=N–C) groups is 1. The molecule has 0 radical (unpaired) electrons. The Kier molecular flexibility index (Phi) is 2.99. The fourth-order valence-electron chi connectivity index (χ4n) is 3.75. The number of rotatable bonds is 2. The van der Waals surface area contributed by atoms with E-state index in [1.54, 1.807) is 20.0 Å². The zero-order valence-corrected chi connectivity index (χ0v) is 14.8. The molecule has 2 aliphatic heterocycles. The van der Waals surface area contributed by atoms with Crippen LogP contribution in [0.5, 0.6) is 11.6 Å². The van der Waals surface area contributed by atoms with Crippen LogP contribution in [0.1, 0.15) is 54.9 Å². The molecule has 1 fully saturated rings. The van der Waals surface area contributed by atoms with Crippen LogP contribution in [-0.2, 0) is 15.9 Å². The molecule has 134 valence electrons. The lowest BCUT2D eigenvalue weighted by atomic mass is 9.80. The third-order valence-electron chi connectivity index (χ3n) is 5.44. The first-order valence-corrected chi connectivity index (χ1v) is 8.91. The Morgan fingerprint density at radius 3 is 2.69 bits per heavy atom. The molecule has 1 spiro atoms. The normalized spacial score (nSPS) is 23.7. The van der Waals surface area contributed by atoms with E-state index in [4.69, 9.17) is 15.2 Å². The van der Waals surface area contributed by atoms with Gasteiger partial charge in [-0.25, -0.2) is 9.98 Å². The van der Waals surface area contributed by atoms with Crippen LogP contribution in [0.3, 0.4) is 0 Å². The van der Waals surface area contributed by atoms with Crippen molar-refractivity contribution >= 4 is 6.02 Å². The van der Waals surface area contributed by atoms with E-state index in [1.807, 2.05) is 12.1 Å². The summed E-state index contributed by atoms with van der Waals surface area (Å²) in [5, 5.41) is 10.4. The van der Waals surface area contributed by atoms with E-state index in [-0.39, 0.29) is 6.02 Å². The minimum Gasteiger partial charge on any atom is -0.462 e. The number of fused-ring (bicyclic) bond motifs is 4. The molecule has 1 aromatic heterocycles. The summed E-state index contributed by atoms with van der Waals surface area (Å²) >= 11 is 0. The number of hydrogen-bond donors (Lipinski definition) is 2. The molecule has 3 heterocycles. The Balaban J connectivity index is 1.74. The summed E-state index contributed by atoms with van der Waals surface area (Å²) in [7, 11) is 0. The predicted octanol–water partition coefficient (Wildman–Crippen LogP) is 2.88. The second kappa shape index (κ2) is 4.98. The van der Waals surface area contributed by atoms with Crippen LogP contribution < -0.4 is 10.5 Å². The van der Waals surface area contributed by atoms with Gasteiger partial charge in [0.15, 0.2) is 5.54 Å². The van der Waals surface area contributed by atoms with E-state index >= 15 is 0 Å². The highest BCUT2D eigenvalue weighted by Gasteiger charge is 2.48. The summed E-state index contributed by atoms with van der Waals surface area (Å²) in [6, 6.07) is 8.33. The number of nitrogens with two attached hydrogens (primary N) is 1. The van der Waals surface area contributed by atoms with E-state index in [0.29, 0.717) is 24.0 Å². The maximum atomic E-state index is 10.4. The molecule has 1 aliphatic carbocycles. The van der Waals surface area contributed by atoms with Crippen molar-refractivity contribution in [1.82, 2.24) is 4.98 Å². The van der Waals surface area contributed by atoms with Crippen molar-refractivity contribution in [3.63, 3.8) is 0 Å². The molecule has 1 saturated carbocycles. The molecule has 2 aromatic rings. The summed E-state index contributed by atoms with van der Waals surface area (Å²) < 4.78 is 11.6. The Labute approximate surface area is 151 Å². The molecule has 3 aliphatic rings. The SMILES string of the molecule is CC(C)(O)c1cnc2c(c1)[C@]1(COC(N)=N1)c1cc(C3CC3)ccc1O2. The zero-order chi connectivity index (χ0) is 18.1. The van der Waals surface area contributed by atoms with Crippen molar-refractivity contribution in [1.29, 1.82) is 0 Å². The number of amidine groups is 1. The van der Waals surface area contributed by atoms with Gasteiger partial charge in [-0.3, -0.25) is 0 Å². The Bertz CT molecular complexity index is 944. The largest absolute Gasteiger partial charge is 0.462 e. The van der Waals surface area contributed by atoms with Gasteiger partial charge < -0.3 is 20.3 Å². The minimum absolute atomic E-state index is 0.161. The van der Waals surface area contributed by atoms with Crippen LogP contribution >= 0.6 is 0 Å². The summed E-state index contributed by atoms with van der Waals surface area (Å²) in [6.07, 6.45) is 4.07. The Morgan fingerprint density at radius 2 is 2.04 bits per heavy atom. The molecule has 3 N–H and O–H groups in total. The lowest BCUT2D eigenvalue weighted by molar-refractivity contribution is 0.0778. The lowest BCUT2D eigenvalue weighted by Crippen LogP contribution is -2.32. The first kappa shape index (κ1) is 15.6. The highest BCUT2D eigenvalue weighted by atomic mass is 16.5. The first-order chi connectivity index (χ1) is 12.4. The average molecular weight is 351 g/mol. The van der Waals surface area contributed by atoms with Crippen LogP contribution in [0.4, 0.5) is 0 Å². The van der Waals surface area contributed by atoms with Gasteiger partial charge in [0.1, 0.15) is 12.4 Å². The van der Waals surface area contributed by atoms with Crippen molar-refractivity contribution in [2.24, 2.45) is 10.7 Å². The highest BCUT2D eigenvalue weighted by molar-refractivity contribution is 5.76. The zero-order valence-electron chi connectivity index (χ0n) is 14.8. The maximum absolute atomic E-state index is 10.4. The third-order valence-corrected chi connectivity index (χ3v) is 5.44. The molecule has 0 amide bonds. The molecule has 26 heavy (non-hydrogen) atoms. The third kappa shape index (κ3) is 2.22. The van der Waals surface area contributed by atoms with Gasteiger partial charge >= 0.3 is 0 Å². The fraction of sp³-hybridized carbons (Fsp3) is 0.400. The number of pyridine rings is 1. The van der Waals surface area contributed by atoms with E-state index in [2.05, 4.69) is 22.1 Å². The van der Waals surface area contributed by atoms with E-state index < -0.39 is 11.1 Å². The summed E-state index contributed by atoms with van der Waals surface area (Å²) in [4.78, 5) is 9.13. The summed E-state index contributed by atoms with van der Waals surface area (Å²) in [6.45, 7) is 3.76. The van der Waals surface area contributed by atoms with Crippen LogP contribution in [0.15, 0.2) is 35.5 Å². The fourth-order valence-corrected chi connectivity index (χ4v) is 3.75. The number of hydrogen-bond acceptors (Lipinski definition) is 6. The van der Waals surface area contributed by atoms with Gasteiger partial charge in [-0.1, -0.05) is 6.07 Å². The van der Waals surface area contributed by atoms with Crippen molar-refractivity contribution < 1.29 is 14.6 Å². The van der Waals surface area contributed by atoms with Gasteiger partial charge in [0.2, 0.25) is 5.88 Å². The Hall–Kier alpha value is -2.60. The molecular formula is C20H21N3O3. The second-order valence-electron chi connectivity index (χ2n) is 7.87. The van der Waals surface area contributed by atoms with Crippen LogP contribution in [0.2, 0.25) is 0 Å². The quantitative estimate of drug-likeness (QED) is 0.868. The smallest absolute Gasteiger partial charge is 0.283 e. The monoisotopic (exact) mass is 351 g/mol. The molecule has 0 unspecified atom stereocenters. The van der Waals surface area contributed by atoms with Crippen molar-refractivity contribution in [3.05, 3.63) is 52.7 Å². The summed E-state index contributed by atoms with van der Waals surface area (Å²) in [5.74, 6) is 1.82. The molecule has 6 heteroatoms. The average Bonchev–Trinajstić information content (AvgIpc) is 3.37. The number of aromatic nitrogens is 1. The molecule has 1 atom stereocenters. The van der Waals surface area contributed by atoms with Crippen LogP contribution in [0.25, 0.3) is 0 Å². The van der Waals surface area contributed by atoms with Gasteiger partial charge in [0, 0.05) is 17.3 Å².